The minimum atomic E-state index is -0.929. The average molecular weight is 266 g/mol. The summed E-state index contributed by atoms with van der Waals surface area (Å²) in [7, 11) is 0. The highest BCUT2D eigenvalue weighted by Gasteiger charge is 2.00. The van der Waals surface area contributed by atoms with Crippen molar-refractivity contribution in [3.63, 3.8) is 0 Å². The van der Waals surface area contributed by atoms with Crippen LogP contribution in [-0.4, -0.2) is 11.1 Å². The summed E-state index contributed by atoms with van der Waals surface area (Å²) in [5, 5.41) is 17.1. The van der Waals surface area contributed by atoms with Crippen molar-refractivity contribution < 1.29 is 9.90 Å². The lowest BCUT2D eigenvalue weighted by Gasteiger charge is -1.98. The molecule has 0 saturated carbocycles. The Labute approximate surface area is 117 Å². The molecule has 0 bridgehead atoms. The fraction of sp³-hybridized carbons (Fsp3) is 0.0625. The molecule has 2 aromatic rings. The van der Waals surface area contributed by atoms with Crippen LogP contribution in [0, 0.1) is 0 Å². The van der Waals surface area contributed by atoms with E-state index in [1.54, 1.807) is 19.1 Å². The maximum Gasteiger partial charge on any atom is 0.331 e. The van der Waals surface area contributed by atoms with Crippen LogP contribution in [0.3, 0.4) is 0 Å². The Morgan fingerprint density at radius 1 is 1.00 bits per heavy atom. The van der Waals surface area contributed by atoms with E-state index >= 15 is 0 Å². The molecule has 0 heterocycles. The number of rotatable bonds is 4. The molecule has 0 radical (unpaired) electrons. The number of nitrogens with zero attached hydrogens (tertiary/aromatic N) is 2. The lowest BCUT2D eigenvalue weighted by molar-refractivity contribution is -0.132. The van der Waals surface area contributed by atoms with Crippen molar-refractivity contribution in [1.82, 2.24) is 0 Å². The first kappa shape index (κ1) is 13.7. The number of carbonyl (C=O) groups is 1. The Morgan fingerprint density at radius 2 is 1.65 bits per heavy atom. The number of hydrogen-bond donors (Lipinski definition) is 1. The Balaban J connectivity index is 2.20. The molecule has 0 aliphatic rings. The molecule has 2 rings (SSSR count). The van der Waals surface area contributed by atoms with E-state index in [2.05, 4.69) is 10.2 Å². The van der Waals surface area contributed by atoms with Gasteiger partial charge in [0.05, 0.1) is 11.4 Å². The van der Waals surface area contributed by atoms with Crippen LogP contribution in [-0.2, 0) is 4.79 Å². The fourth-order valence-corrected chi connectivity index (χ4v) is 1.60. The van der Waals surface area contributed by atoms with Gasteiger partial charge in [0.15, 0.2) is 0 Å². The highest BCUT2D eigenvalue weighted by atomic mass is 16.4. The highest BCUT2D eigenvalue weighted by Crippen LogP contribution is 2.20. The molecule has 0 fully saturated rings. The monoisotopic (exact) mass is 266 g/mol. The molecule has 4 nitrogen and oxygen atoms in total. The lowest BCUT2D eigenvalue weighted by Crippen LogP contribution is -1.95. The van der Waals surface area contributed by atoms with Gasteiger partial charge in [0.1, 0.15) is 0 Å². The predicted octanol–water partition coefficient (Wildman–Crippen LogP) is 4.59. The third kappa shape index (κ3) is 3.88. The Kier molecular flexibility index (Phi) is 4.39. The largest absolute Gasteiger partial charge is 0.478 e. The molecule has 0 atom stereocenters. The number of benzene rings is 2. The van der Waals surface area contributed by atoms with E-state index < -0.39 is 5.97 Å². The molecule has 0 aliphatic carbocycles. The van der Waals surface area contributed by atoms with E-state index in [4.69, 9.17) is 5.11 Å². The van der Waals surface area contributed by atoms with Crippen LogP contribution >= 0.6 is 0 Å². The second-order valence-corrected chi connectivity index (χ2v) is 4.26. The third-order valence-corrected chi connectivity index (χ3v) is 2.63. The third-order valence-electron chi connectivity index (χ3n) is 2.63. The first-order valence-electron chi connectivity index (χ1n) is 6.13. The van der Waals surface area contributed by atoms with E-state index in [1.165, 1.54) is 0 Å². The van der Waals surface area contributed by atoms with Gasteiger partial charge in [-0.3, -0.25) is 0 Å². The van der Waals surface area contributed by atoms with Crippen molar-refractivity contribution in [2.75, 3.05) is 0 Å². The average Bonchev–Trinajstić information content (AvgIpc) is 2.46. The molecular weight excluding hydrogens is 252 g/mol. The van der Waals surface area contributed by atoms with Gasteiger partial charge < -0.3 is 5.11 Å². The van der Waals surface area contributed by atoms with Gasteiger partial charge in [0.25, 0.3) is 0 Å². The van der Waals surface area contributed by atoms with Crippen molar-refractivity contribution in [1.29, 1.82) is 0 Å². The summed E-state index contributed by atoms with van der Waals surface area (Å²) in [4.78, 5) is 10.8. The van der Waals surface area contributed by atoms with Gasteiger partial charge >= 0.3 is 5.97 Å². The van der Waals surface area contributed by atoms with Crippen LogP contribution < -0.4 is 0 Å². The van der Waals surface area contributed by atoms with Crippen LogP contribution in [0.1, 0.15) is 12.5 Å². The summed E-state index contributed by atoms with van der Waals surface area (Å²) in [6.07, 6.45) is 1.60. The first-order valence-corrected chi connectivity index (χ1v) is 6.13. The van der Waals surface area contributed by atoms with Crippen LogP contribution in [0.5, 0.6) is 0 Å². The van der Waals surface area contributed by atoms with E-state index in [9.17, 15) is 4.79 Å². The molecule has 20 heavy (non-hydrogen) atoms. The maximum atomic E-state index is 10.8. The summed E-state index contributed by atoms with van der Waals surface area (Å²) >= 11 is 0. The van der Waals surface area contributed by atoms with Gasteiger partial charge in [-0.25, -0.2) is 4.79 Å². The van der Waals surface area contributed by atoms with Gasteiger partial charge in [0, 0.05) is 5.57 Å². The zero-order valence-electron chi connectivity index (χ0n) is 11.0. The number of azo groups is 1. The predicted molar refractivity (Wildman–Crippen MR) is 78.3 cm³/mol. The molecule has 0 amide bonds. The Hall–Kier alpha value is -2.75. The quantitative estimate of drug-likeness (QED) is 0.649. The van der Waals surface area contributed by atoms with E-state index in [1.807, 2.05) is 48.5 Å². The second kappa shape index (κ2) is 6.43. The SMILES string of the molecule is CC(=Cc1cccc(N=Nc2ccccc2)c1)C(=O)O. The summed E-state index contributed by atoms with van der Waals surface area (Å²) in [5.41, 5.74) is 2.52. The molecule has 2 aromatic carbocycles. The Bertz CT molecular complexity index is 661. The summed E-state index contributed by atoms with van der Waals surface area (Å²) < 4.78 is 0. The number of carboxylic acids is 1. The van der Waals surface area contributed by atoms with Crippen LogP contribution in [0.15, 0.2) is 70.4 Å². The molecule has 4 heteroatoms. The summed E-state index contributed by atoms with van der Waals surface area (Å²) in [5.74, 6) is -0.929. The van der Waals surface area contributed by atoms with Gasteiger partial charge in [-0.1, -0.05) is 30.3 Å². The van der Waals surface area contributed by atoms with Crippen LogP contribution in [0.2, 0.25) is 0 Å². The van der Waals surface area contributed by atoms with Crippen LogP contribution in [0.4, 0.5) is 11.4 Å². The molecular formula is C16H14N2O2. The Morgan fingerprint density at radius 3 is 2.35 bits per heavy atom. The van der Waals surface area contributed by atoms with Crippen molar-refractivity contribution in [3.05, 3.63) is 65.7 Å². The smallest absolute Gasteiger partial charge is 0.331 e. The van der Waals surface area contributed by atoms with Gasteiger partial charge in [-0.15, -0.1) is 0 Å². The second-order valence-electron chi connectivity index (χ2n) is 4.26. The van der Waals surface area contributed by atoms with Crippen molar-refractivity contribution in [2.24, 2.45) is 10.2 Å². The highest BCUT2D eigenvalue weighted by molar-refractivity contribution is 5.91. The van der Waals surface area contributed by atoms with Gasteiger partial charge in [-0.2, -0.15) is 10.2 Å². The van der Waals surface area contributed by atoms with Gasteiger partial charge in [0.2, 0.25) is 0 Å². The molecule has 0 spiro atoms. The standard InChI is InChI=1S/C16H14N2O2/c1-12(16(19)20)10-13-6-5-9-15(11-13)18-17-14-7-3-2-4-8-14/h2-11H,1H3,(H,19,20). The summed E-state index contributed by atoms with van der Waals surface area (Å²) in [6, 6.07) is 16.7. The minimum absolute atomic E-state index is 0.280. The molecule has 0 unspecified atom stereocenters. The van der Waals surface area contributed by atoms with Crippen molar-refractivity contribution in [3.8, 4) is 0 Å². The number of hydrogen-bond acceptors (Lipinski definition) is 3. The first-order chi connectivity index (χ1) is 9.65. The summed E-state index contributed by atoms with van der Waals surface area (Å²) in [6.45, 7) is 1.56. The van der Waals surface area contributed by atoms with Gasteiger partial charge in [-0.05, 0) is 42.8 Å². The molecule has 1 N–H and O–H groups in total. The van der Waals surface area contributed by atoms with E-state index in [0.29, 0.717) is 5.69 Å². The van der Waals surface area contributed by atoms with Crippen molar-refractivity contribution >= 4 is 23.4 Å². The van der Waals surface area contributed by atoms with Crippen molar-refractivity contribution in [2.45, 2.75) is 6.92 Å². The molecule has 0 aliphatic heterocycles. The molecule has 100 valence electrons. The molecule has 0 aromatic heterocycles. The zero-order chi connectivity index (χ0) is 14.4. The van der Waals surface area contributed by atoms with E-state index in [0.717, 1.165) is 11.3 Å². The normalized spacial score (nSPS) is 11.8. The lowest BCUT2D eigenvalue weighted by atomic mass is 10.1. The fourth-order valence-electron chi connectivity index (χ4n) is 1.60. The minimum Gasteiger partial charge on any atom is -0.478 e. The number of aliphatic carboxylic acids is 1. The maximum absolute atomic E-state index is 10.8. The van der Waals surface area contributed by atoms with E-state index in [-0.39, 0.29) is 5.57 Å². The van der Waals surface area contributed by atoms with Crippen LogP contribution in [0.25, 0.3) is 6.08 Å². The number of carboxylic acid groups (broad SMARTS) is 1. The topological polar surface area (TPSA) is 62.0 Å². The molecule has 0 saturated heterocycles. The zero-order valence-corrected chi connectivity index (χ0v) is 11.0.